The van der Waals surface area contributed by atoms with Crippen LogP contribution in [0.15, 0.2) is 66.1 Å². The molecule has 0 saturated carbocycles. The zero-order valence-corrected chi connectivity index (χ0v) is 18.4. The van der Waals surface area contributed by atoms with Gasteiger partial charge in [-0.3, -0.25) is 4.98 Å². The van der Waals surface area contributed by atoms with E-state index in [2.05, 4.69) is 25.8 Å². The first-order valence-corrected chi connectivity index (χ1v) is 10.5. The Morgan fingerprint density at radius 2 is 1.97 bits per heavy atom. The number of para-hydroxylation sites is 1. The summed E-state index contributed by atoms with van der Waals surface area (Å²) in [6.45, 7) is 2.46. The lowest BCUT2D eigenvalue weighted by Crippen LogP contribution is -2.33. The molecule has 3 heterocycles. The minimum atomic E-state index is -0.317. The number of aromatic nitrogens is 2. The summed E-state index contributed by atoms with van der Waals surface area (Å²) in [6, 6.07) is 14.7. The third-order valence-corrected chi connectivity index (χ3v) is 4.97. The number of carbonyl (C=O) groups excluding carboxylic acids is 1. The van der Waals surface area contributed by atoms with E-state index < -0.39 is 0 Å². The summed E-state index contributed by atoms with van der Waals surface area (Å²) < 4.78 is 11.4. The van der Waals surface area contributed by atoms with Gasteiger partial charge in [-0.05, 0) is 37.3 Å². The SMILES string of the molecule is COc1ncccc1-c1ccccc1OCC1CC(CNC(=O)Nc2ccnc(C)c2)=NO1. The van der Waals surface area contributed by atoms with Crippen LogP contribution in [0, 0.1) is 6.92 Å². The van der Waals surface area contributed by atoms with Crippen molar-refractivity contribution >= 4 is 17.4 Å². The van der Waals surface area contributed by atoms with Crippen molar-refractivity contribution in [2.24, 2.45) is 5.16 Å². The average molecular weight is 447 g/mol. The van der Waals surface area contributed by atoms with Gasteiger partial charge in [-0.15, -0.1) is 0 Å². The number of hydrogen-bond acceptors (Lipinski definition) is 7. The number of hydrogen-bond donors (Lipinski definition) is 2. The second-order valence-electron chi connectivity index (χ2n) is 7.45. The lowest BCUT2D eigenvalue weighted by molar-refractivity contribution is 0.0472. The molecule has 2 N–H and O–H groups in total. The summed E-state index contributed by atoms with van der Waals surface area (Å²) in [4.78, 5) is 26.0. The zero-order chi connectivity index (χ0) is 23.0. The Hall–Kier alpha value is -4.14. The summed E-state index contributed by atoms with van der Waals surface area (Å²) in [5, 5.41) is 9.64. The van der Waals surface area contributed by atoms with Gasteiger partial charge in [0.15, 0.2) is 6.10 Å². The van der Waals surface area contributed by atoms with E-state index in [9.17, 15) is 4.79 Å². The molecule has 0 bridgehead atoms. The molecule has 9 heteroatoms. The quantitative estimate of drug-likeness (QED) is 0.544. The molecule has 9 nitrogen and oxygen atoms in total. The number of ether oxygens (including phenoxy) is 2. The van der Waals surface area contributed by atoms with Crippen LogP contribution in [0.25, 0.3) is 11.1 Å². The van der Waals surface area contributed by atoms with Crippen LogP contribution in [0.4, 0.5) is 10.5 Å². The van der Waals surface area contributed by atoms with E-state index in [4.69, 9.17) is 14.3 Å². The minimum absolute atomic E-state index is 0.239. The number of anilines is 1. The smallest absolute Gasteiger partial charge is 0.319 e. The molecule has 0 spiro atoms. The molecular weight excluding hydrogens is 422 g/mol. The van der Waals surface area contributed by atoms with E-state index in [1.807, 2.05) is 43.3 Å². The number of amides is 2. The highest BCUT2D eigenvalue weighted by Gasteiger charge is 2.23. The number of nitrogens with zero attached hydrogens (tertiary/aromatic N) is 3. The lowest BCUT2D eigenvalue weighted by atomic mass is 10.1. The number of rotatable bonds is 8. The highest BCUT2D eigenvalue weighted by molar-refractivity contribution is 5.94. The van der Waals surface area contributed by atoms with Crippen molar-refractivity contribution < 1.29 is 19.1 Å². The van der Waals surface area contributed by atoms with E-state index in [-0.39, 0.29) is 18.7 Å². The number of benzene rings is 1. The van der Waals surface area contributed by atoms with Gasteiger partial charge in [0, 0.05) is 41.3 Å². The third-order valence-electron chi connectivity index (χ3n) is 4.97. The van der Waals surface area contributed by atoms with Crippen LogP contribution < -0.4 is 20.1 Å². The molecule has 1 aliphatic rings. The summed E-state index contributed by atoms with van der Waals surface area (Å²) >= 11 is 0. The van der Waals surface area contributed by atoms with Crippen LogP contribution in [-0.2, 0) is 4.84 Å². The normalized spacial score (nSPS) is 14.7. The van der Waals surface area contributed by atoms with Crippen LogP contribution in [0.3, 0.4) is 0 Å². The minimum Gasteiger partial charge on any atom is -0.489 e. The van der Waals surface area contributed by atoms with Gasteiger partial charge in [0.2, 0.25) is 5.88 Å². The fourth-order valence-electron chi connectivity index (χ4n) is 3.42. The number of nitrogens with one attached hydrogen (secondary N) is 2. The molecule has 0 saturated heterocycles. The fraction of sp³-hybridized carbons (Fsp3) is 0.250. The van der Waals surface area contributed by atoms with Crippen LogP contribution >= 0.6 is 0 Å². The summed E-state index contributed by atoms with van der Waals surface area (Å²) in [6.07, 6.45) is 3.65. The number of methoxy groups -OCH3 is 1. The Morgan fingerprint density at radius 3 is 2.82 bits per heavy atom. The highest BCUT2D eigenvalue weighted by atomic mass is 16.7. The highest BCUT2D eigenvalue weighted by Crippen LogP contribution is 2.35. The number of pyridine rings is 2. The van der Waals surface area contributed by atoms with Gasteiger partial charge in [-0.25, -0.2) is 9.78 Å². The van der Waals surface area contributed by atoms with Crippen LogP contribution in [0.1, 0.15) is 12.1 Å². The molecule has 4 rings (SSSR count). The van der Waals surface area contributed by atoms with Gasteiger partial charge in [0.05, 0.1) is 19.4 Å². The van der Waals surface area contributed by atoms with E-state index >= 15 is 0 Å². The van der Waals surface area contributed by atoms with Crippen molar-refractivity contribution in [3.05, 3.63) is 66.6 Å². The molecule has 0 fully saturated rings. The average Bonchev–Trinajstić information content (AvgIpc) is 3.29. The topological polar surface area (TPSA) is 107 Å². The Labute approximate surface area is 191 Å². The first-order valence-electron chi connectivity index (χ1n) is 10.5. The molecule has 1 atom stereocenters. The van der Waals surface area contributed by atoms with Crippen molar-refractivity contribution in [1.82, 2.24) is 15.3 Å². The van der Waals surface area contributed by atoms with Crippen molar-refractivity contribution in [2.75, 3.05) is 25.6 Å². The van der Waals surface area contributed by atoms with Crippen LogP contribution in [0.2, 0.25) is 0 Å². The van der Waals surface area contributed by atoms with Crippen LogP contribution in [0.5, 0.6) is 11.6 Å². The zero-order valence-electron chi connectivity index (χ0n) is 18.4. The van der Waals surface area contributed by atoms with Gasteiger partial charge in [-0.2, -0.15) is 0 Å². The maximum atomic E-state index is 12.1. The van der Waals surface area contributed by atoms with Gasteiger partial charge in [-0.1, -0.05) is 23.4 Å². The van der Waals surface area contributed by atoms with E-state index in [0.717, 1.165) is 22.5 Å². The predicted octanol–water partition coefficient (Wildman–Crippen LogP) is 3.81. The summed E-state index contributed by atoms with van der Waals surface area (Å²) in [5.41, 5.74) is 3.98. The largest absolute Gasteiger partial charge is 0.489 e. The van der Waals surface area contributed by atoms with Crippen molar-refractivity contribution in [3.8, 4) is 22.8 Å². The number of urea groups is 1. The number of oxime groups is 1. The molecule has 33 heavy (non-hydrogen) atoms. The van der Waals surface area contributed by atoms with E-state index in [1.54, 1.807) is 31.6 Å². The monoisotopic (exact) mass is 447 g/mol. The molecule has 1 aliphatic heterocycles. The van der Waals surface area contributed by atoms with Gasteiger partial charge in [0.25, 0.3) is 0 Å². The molecule has 0 radical (unpaired) electrons. The molecule has 3 aromatic rings. The number of aryl methyl sites for hydroxylation is 1. The Balaban J connectivity index is 1.28. The first kappa shape index (κ1) is 22.1. The Kier molecular flexibility index (Phi) is 6.99. The maximum absolute atomic E-state index is 12.1. The second kappa shape index (κ2) is 10.4. The van der Waals surface area contributed by atoms with Crippen molar-refractivity contribution in [1.29, 1.82) is 0 Å². The van der Waals surface area contributed by atoms with Crippen molar-refractivity contribution in [3.63, 3.8) is 0 Å². The third kappa shape index (κ3) is 5.76. The molecule has 2 amide bonds. The molecule has 2 aromatic heterocycles. The molecular formula is C24H25N5O4. The Morgan fingerprint density at radius 1 is 1.12 bits per heavy atom. The number of carbonyl (C=O) groups is 1. The molecule has 1 aromatic carbocycles. The first-order chi connectivity index (χ1) is 16.1. The molecule has 1 unspecified atom stereocenters. The molecule has 0 aliphatic carbocycles. The van der Waals surface area contributed by atoms with Gasteiger partial charge in [0.1, 0.15) is 12.4 Å². The maximum Gasteiger partial charge on any atom is 0.319 e. The van der Waals surface area contributed by atoms with Gasteiger partial charge < -0.3 is 24.9 Å². The van der Waals surface area contributed by atoms with Crippen molar-refractivity contribution in [2.45, 2.75) is 19.4 Å². The fourth-order valence-corrected chi connectivity index (χ4v) is 3.42. The lowest BCUT2D eigenvalue weighted by Gasteiger charge is -2.15. The Bertz CT molecular complexity index is 1150. The van der Waals surface area contributed by atoms with Crippen LogP contribution in [-0.4, -0.2) is 48.1 Å². The summed E-state index contributed by atoms with van der Waals surface area (Å²) in [5.74, 6) is 1.23. The van der Waals surface area contributed by atoms with E-state index in [1.165, 1.54) is 0 Å². The van der Waals surface area contributed by atoms with Gasteiger partial charge >= 0.3 is 6.03 Å². The van der Waals surface area contributed by atoms with E-state index in [0.29, 0.717) is 30.3 Å². The standard InChI is InChI=1S/C24H25N5O4/c1-16-12-17(9-11-25-16)28-24(30)27-14-18-13-19(33-29-18)15-32-22-8-4-3-6-20(22)21-7-5-10-26-23(21)31-2/h3-12,19H,13-15H2,1-2H3,(H2,25,27,28,30). The predicted molar refractivity (Wildman–Crippen MR) is 125 cm³/mol. The molecule has 170 valence electrons. The summed E-state index contributed by atoms with van der Waals surface area (Å²) in [7, 11) is 1.59. The second-order valence-corrected chi connectivity index (χ2v) is 7.45.